The van der Waals surface area contributed by atoms with Gasteiger partial charge in [-0.05, 0) is 42.8 Å². The predicted octanol–water partition coefficient (Wildman–Crippen LogP) is 5.41. The molecule has 0 aliphatic rings. The smallest absolute Gasteiger partial charge is 0.282 e. The first-order chi connectivity index (χ1) is 13.5. The number of carbonyl (C=O) groups excluding carboxylic acids is 1. The van der Waals surface area contributed by atoms with E-state index in [1.54, 1.807) is 5.38 Å². The van der Waals surface area contributed by atoms with Crippen molar-refractivity contribution in [1.29, 1.82) is 0 Å². The second-order valence-electron chi connectivity index (χ2n) is 5.78. The molecule has 0 radical (unpaired) electrons. The van der Waals surface area contributed by atoms with Crippen molar-refractivity contribution >= 4 is 39.7 Å². The average Bonchev–Trinajstić information content (AvgIpc) is 3.14. The van der Waals surface area contributed by atoms with Crippen LogP contribution in [0.4, 0.5) is 10.8 Å². The number of hydrogen-bond acceptors (Lipinski definition) is 6. The van der Waals surface area contributed by atoms with Crippen LogP contribution in [0.1, 0.15) is 23.7 Å². The predicted molar refractivity (Wildman–Crippen MR) is 109 cm³/mol. The molecular weight excluding hydrogens is 402 g/mol. The summed E-state index contributed by atoms with van der Waals surface area (Å²) in [6.45, 7) is 2.69. The van der Waals surface area contributed by atoms with Gasteiger partial charge in [-0.3, -0.25) is 20.2 Å². The number of hydrogen-bond donors (Lipinski definition) is 1. The third kappa shape index (κ3) is 4.65. The first-order valence-corrected chi connectivity index (χ1v) is 9.67. The van der Waals surface area contributed by atoms with E-state index in [2.05, 4.69) is 10.3 Å². The molecule has 2 aromatic carbocycles. The van der Waals surface area contributed by atoms with Crippen LogP contribution in [0.3, 0.4) is 0 Å². The zero-order valence-corrected chi connectivity index (χ0v) is 16.4. The normalized spacial score (nSPS) is 10.5. The first kappa shape index (κ1) is 19.8. The molecule has 3 aromatic rings. The summed E-state index contributed by atoms with van der Waals surface area (Å²) < 4.78 is 5.55. The number of ether oxygens (including phenoxy) is 1. The van der Waals surface area contributed by atoms with Gasteiger partial charge in [0.1, 0.15) is 11.3 Å². The van der Waals surface area contributed by atoms with Crippen LogP contribution in [0, 0.1) is 10.1 Å². The molecule has 0 bridgehead atoms. The number of thiazole rings is 1. The quantitative estimate of drug-likeness (QED) is 0.409. The van der Waals surface area contributed by atoms with Gasteiger partial charge < -0.3 is 4.74 Å². The van der Waals surface area contributed by atoms with Crippen LogP contribution >= 0.6 is 22.9 Å². The van der Waals surface area contributed by atoms with E-state index in [1.165, 1.54) is 29.5 Å². The zero-order valence-electron chi connectivity index (χ0n) is 14.8. The number of aromatic nitrogens is 1. The first-order valence-electron chi connectivity index (χ1n) is 8.42. The van der Waals surface area contributed by atoms with Crippen molar-refractivity contribution in [2.24, 2.45) is 0 Å². The fourth-order valence-corrected chi connectivity index (χ4v) is 3.31. The summed E-state index contributed by atoms with van der Waals surface area (Å²) in [5, 5.41) is 16.1. The third-order valence-electron chi connectivity index (χ3n) is 3.75. The fourth-order valence-electron chi connectivity index (χ4n) is 2.42. The number of rotatable bonds is 7. The molecular formula is C19H16ClN3O4S. The molecule has 28 heavy (non-hydrogen) atoms. The lowest BCUT2D eigenvalue weighted by atomic mass is 10.1. The van der Waals surface area contributed by atoms with Gasteiger partial charge in [0.25, 0.3) is 11.6 Å². The number of nitro benzene ring substituents is 1. The van der Waals surface area contributed by atoms with Crippen LogP contribution in [0.2, 0.25) is 5.02 Å². The van der Waals surface area contributed by atoms with Crippen LogP contribution in [-0.4, -0.2) is 22.4 Å². The van der Waals surface area contributed by atoms with Crippen molar-refractivity contribution in [3.8, 4) is 17.0 Å². The van der Waals surface area contributed by atoms with Gasteiger partial charge in [-0.15, -0.1) is 11.3 Å². The zero-order chi connectivity index (χ0) is 20.1. The topological polar surface area (TPSA) is 94.4 Å². The van der Waals surface area contributed by atoms with Crippen molar-refractivity contribution in [2.75, 3.05) is 11.9 Å². The van der Waals surface area contributed by atoms with E-state index < -0.39 is 10.8 Å². The van der Waals surface area contributed by atoms with Crippen molar-refractivity contribution in [1.82, 2.24) is 4.98 Å². The standard InChI is InChI=1S/C19H16ClN3O4S/c1-2-9-27-14-6-3-12(4-7-14)16-11-28-19(21-16)22-18(24)15-10-13(20)5-8-17(15)23(25)26/h3-8,10-11H,2,9H2,1H3,(H,21,22,24). The van der Waals surface area contributed by atoms with Crippen LogP contribution < -0.4 is 10.1 Å². The second kappa shape index (κ2) is 8.81. The van der Waals surface area contributed by atoms with Crippen LogP contribution in [0.15, 0.2) is 47.8 Å². The maximum Gasteiger partial charge on any atom is 0.282 e. The van der Waals surface area contributed by atoms with Gasteiger partial charge in [0.05, 0.1) is 17.2 Å². The van der Waals surface area contributed by atoms with Crippen molar-refractivity contribution in [3.63, 3.8) is 0 Å². The van der Waals surface area contributed by atoms with Crippen molar-refractivity contribution in [3.05, 3.63) is 68.5 Å². The number of carbonyl (C=O) groups is 1. The number of nitro groups is 1. The maximum absolute atomic E-state index is 12.5. The van der Waals surface area contributed by atoms with E-state index in [9.17, 15) is 14.9 Å². The Morgan fingerprint density at radius 2 is 2.04 bits per heavy atom. The summed E-state index contributed by atoms with van der Waals surface area (Å²) in [4.78, 5) is 27.3. The van der Waals surface area contributed by atoms with Gasteiger partial charge in [-0.25, -0.2) is 4.98 Å². The summed E-state index contributed by atoms with van der Waals surface area (Å²) >= 11 is 7.10. The number of benzene rings is 2. The van der Waals surface area contributed by atoms with Crippen LogP contribution in [0.25, 0.3) is 11.3 Å². The summed E-state index contributed by atoms with van der Waals surface area (Å²) in [5.74, 6) is 0.140. The lowest BCUT2D eigenvalue weighted by Gasteiger charge is -2.05. The lowest BCUT2D eigenvalue weighted by Crippen LogP contribution is -2.13. The minimum absolute atomic E-state index is 0.119. The fraction of sp³-hybridized carbons (Fsp3) is 0.158. The van der Waals surface area contributed by atoms with Gasteiger partial charge >= 0.3 is 0 Å². The molecule has 0 spiro atoms. The molecule has 0 aliphatic carbocycles. The molecule has 1 aromatic heterocycles. The summed E-state index contributed by atoms with van der Waals surface area (Å²) in [7, 11) is 0. The lowest BCUT2D eigenvalue weighted by molar-refractivity contribution is -0.385. The van der Waals surface area contributed by atoms with Gasteiger partial charge in [-0.1, -0.05) is 18.5 Å². The Morgan fingerprint density at radius 1 is 1.29 bits per heavy atom. The van der Waals surface area contributed by atoms with E-state index in [1.807, 2.05) is 31.2 Å². The Morgan fingerprint density at radius 3 is 2.71 bits per heavy atom. The summed E-state index contributed by atoms with van der Waals surface area (Å²) in [6, 6.07) is 11.3. The molecule has 0 aliphatic heterocycles. The monoisotopic (exact) mass is 417 g/mol. The molecule has 7 nitrogen and oxygen atoms in total. The Balaban J connectivity index is 1.75. The highest BCUT2D eigenvalue weighted by Crippen LogP contribution is 2.28. The number of halogens is 1. The molecule has 1 amide bonds. The SMILES string of the molecule is CCCOc1ccc(-c2csc(NC(=O)c3cc(Cl)ccc3[N+](=O)[O-])n2)cc1. The Bertz CT molecular complexity index is 1000. The number of nitrogens with one attached hydrogen (secondary N) is 1. The highest BCUT2D eigenvalue weighted by molar-refractivity contribution is 7.14. The number of amides is 1. The van der Waals surface area contributed by atoms with Gasteiger partial charge in [0.15, 0.2) is 5.13 Å². The van der Waals surface area contributed by atoms with Crippen molar-refractivity contribution in [2.45, 2.75) is 13.3 Å². The number of anilines is 1. The minimum Gasteiger partial charge on any atom is -0.494 e. The molecule has 0 atom stereocenters. The van der Waals surface area contributed by atoms with Crippen LogP contribution in [-0.2, 0) is 0 Å². The van der Waals surface area contributed by atoms with E-state index >= 15 is 0 Å². The van der Waals surface area contributed by atoms with Gasteiger partial charge in [0, 0.05) is 22.0 Å². The highest BCUT2D eigenvalue weighted by Gasteiger charge is 2.21. The number of nitrogens with zero attached hydrogens (tertiary/aromatic N) is 2. The molecule has 1 N–H and O–H groups in total. The van der Waals surface area contributed by atoms with E-state index in [4.69, 9.17) is 16.3 Å². The van der Waals surface area contributed by atoms with Crippen LogP contribution in [0.5, 0.6) is 5.75 Å². The molecule has 9 heteroatoms. The van der Waals surface area contributed by atoms with Gasteiger partial charge in [-0.2, -0.15) is 0 Å². The molecule has 1 heterocycles. The van der Waals surface area contributed by atoms with E-state index in [-0.39, 0.29) is 16.3 Å². The highest BCUT2D eigenvalue weighted by atomic mass is 35.5. The Kier molecular flexibility index (Phi) is 6.23. The summed E-state index contributed by atoms with van der Waals surface area (Å²) in [5.41, 5.74) is 1.12. The van der Waals surface area contributed by atoms with E-state index in [0.29, 0.717) is 17.4 Å². The molecule has 0 saturated heterocycles. The van der Waals surface area contributed by atoms with Crippen molar-refractivity contribution < 1.29 is 14.5 Å². The molecule has 3 rings (SSSR count). The summed E-state index contributed by atoms with van der Waals surface area (Å²) in [6.07, 6.45) is 0.932. The Hall–Kier alpha value is -2.97. The molecule has 144 valence electrons. The maximum atomic E-state index is 12.5. The van der Waals surface area contributed by atoms with E-state index in [0.717, 1.165) is 17.7 Å². The average molecular weight is 418 g/mol. The second-order valence-corrected chi connectivity index (χ2v) is 7.08. The molecule has 0 fully saturated rings. The molecule has 0 saturated carbocycles. The van der Waals surface area contributed by atoms with Gasteiger partial charge in [0.2, 0.25) is 0 Å². The molecule has 0 unspecified atom stereocenters. The Labute approximate surface area is 170 Å². The third-order valence-corrected chi connectivity index (χ3v) is 4.74. The largest absolute Gasteiger partial charge is 0.494 e. The minimum atomic E-state index is -0.640.